The minimum absolute atomic E-state index is 0.177. The summed E-state index contributed by atoms with van der Waals surface area (Å²) in [5.74, 6) is 0.980. The molecule has 3 nitrogen and oxygen atoms in total. The number of carbonyl (C=O) groups is 1. The molecule has 3 aromatic carbocycles. The monoisotopic (exact) mass is 417 g/mol. The third-order valence-corrected chi connectivity index (χ3v) is 6.52. The number of hydrogen-bond donors (Lipinski definition) is 0. The van der Waals surface area contributed by atoms with Gasteiger partial charge in [-0.15, -0.1) is 0 Å². The van der Waals surface area contributed by atoms with Crippen LogP contribution in [0.3, 0.4) is 0 Å². The molecule has 4 heteroatoms. The van der Waals surface area contributed by atoms with Crippen LogP contribution in [-0.4, -0.2) is 16.8 Å². The molecule has 152 valence electrons. The summed E-state index contributed by atoms with van der Waals surface area (Å²) in [6.45, 7) is 1.18. The van der Waals surface area contributed by atoms with E-state index in [1.165, 1.54) is 12.8 Å². The first-order valence-corrected chi connectivity index (χ1v) is 11.0. The highest BCUT2D eigenvalue weighted by atomic mass is 35.5. The summed E-state index contributed by atoms with van der Waals surface area (Å²) < 4.78 is 6.07. The van der Waals surface area contributed by atoms with Gasteiger partial charge in [-0.1, -0.05) is 60.8 Å². The van der Waals surface area contributed by atoms with Crippen LogP contribution in [0.2, 0.25) is 5.02 Å². The summed E-state index contributed by atoms with van der Waals surface area (Å²) >= 11 is 6.35. The average Bonchev–Trinajstić information content (AvgIpc) is 3.41. The van der Waals surface area contributed by atoms with Gasteiger partial charge in [0.1, 0.15) is 12.4 Å². The second-order valence-electron chi connectivity index (χ2n) is 8.16. The van der Waals surface area contributed by atoms with E-state index in [2.05, 4.69) is 23.1 Å². The van der Waals surface area contributed by atoms with Crippen molar-refractivity contribution in [3.05, 3.63) is 88.4 Å². The lowest BCUT2D eigenvalue weighted by atomic mass is 10.0. The van der Waals surface area contributed by atoms with Crippen molar-refractivity contribution in [2.45, 2.75) is 44.9 Å². The van der Waals surface area contributed by atoms with E-state index in [4.69, 9.17) is 16.3 Å². The van der Waals surface area contributed by atoms with E-state index in [1.807, 2.05) is 48.5 Å². The first-order valence-electron chi connectivity index (χ1n) is 10.6. The van der Waals surface area contributed by atoms with Gasteiger partial charge in [-0.2, -0.15) is 0 Å². The van der Waals surface area contributed by atoms with Gasteiger partial charge in [0, 0.05) is 28.7 Å². The fraction of sp³-hybridized carbons (Fsp3) is 0.269. The Kier molecular flexibility index (Phi) is 5.22. The molecule has 0 aromatic heterocycles. The Morgan fingerprint density at radius 3 is 2.60 bits per heavy atom. The maximum atomic E-state index is 12.7. The molecule has 0 spiro atoms. The quantitative estimate of drug-likeness (QED) is 0.475. The molecule has 1 amide bonds. The summed E-state index contributed by atoms with van der Waals surface area (Å²) in [7, 11) is 0. The van der Waals surface area contributed by atoms with Crippen molar-refractivity contribution in [1.82, 2.24) is 4.90 Å². The second kappa shape index (κ2) is 8.16. The fourth-order valence-electron chi connectivity index (χ4n) is 4.61. The zero-order chi connectivity index (χ0) is 20.5. The van der Waals surface area contributed by atoms with Gasteiger partial charge in [0.2, 0.25) is 0 Å². The number of fused-ring (bicyclic) bond motifs is 1. The number of hydrogen-bond acceptors (Lipinski definition) is 2. The van der Waals surface area contributed by atoms with Crippen molar-refractivity contribution in [2.24, 2.45) is 0 Å². The average molecular weight is 418 g/mol. The van der Waals surface area contributed by atoms with Crippen LogP contribution in [0, 0.1) is 0 Å². The molecule has 0 saturated heterocycles. The zero-order valence-electron chi connectivity index (χ0n) is 16.8. The Bertz CT molecular complexity index is 1090. The van der Waals surface area contributed by atoms with Crippen molar-refractivity contribution >= 4 is 17.5 Å². The molecule has 1 fully saturated rings. The minimum atomic E-state index is 0.177. The third kappa shape index (κ3) is 3.70. The standard InChI is InChI=1S/C26H24ClNO2/c27-25-11-4-3-10-23(25)19-7-5-6-18(14-19)17-30-22-12-13-24-20(15-22)16-28(26(24)29)21-8-1-2-9-21/h3-7,10-15,21H,1-2,8-9,16-17H2. The van der Waals surface area contributed by atoms with Crippen LogP contribution in [0.4, 0.5) is 0 Å². The highest BCUT2D eigenvalue weighted by Crippen LogP contribution is 2.33. The Balaban J connectivity index is 1.29. The summed E-state index contributed by atoms with van der Waals surface area (Å²) in [6, 6.07) is 22.4. The molecule has 0 bridgehead atoms. The molecule has 0 atom stereocenters. The first-order chi connectivity index (χ1) is 14.7. The minimum Gasteiger partial charge on any atom is -0.489 e. The molecule has 5 rings (SSSR count). The van der Waals surface area contributed by atoms with Gasteiger partial charge in [-0.3, -0.25) is 4.79 Å². The van der Waals surface area contributed by atoms with Gasteiger partial charge in [0.05, 0.1) is 0 Å². The van der Waals surface area contributed by atoms with Gasteiger partial charge in [0.25, 0.3) is 5.91 Å². The van der Waals surface area contributed by atoms with Gasteiger partial charge in [-0.05, 0) is 59.9 Å². The van der Waals surface area contributed by atoms with Gasteiger partial charge >= 0.3 is 0 Å². The van der Waals surface area contributed by atoms with Crippen LogP contribution >= 0.6 is 11.6 Å². The highest BCUT2D eigenvalue weighted by molar-refractivity contribution is 6.33. The fourth-order valence-corrected chi connectivity index (χ4v) is 4.86. The van der Waals surface area contributed by atoms with Gasteiger partial charge < -0.3 is 9.64 Å². The van der Waals surface area contributed by atoms with Crippen molar-refractivity contribution in [1.29, 1.82) is 0 Å². The molecule has 2 aliphatic rings. The van der Waals surface area contributed by atoms with Crippen molar-refractivity contribution in [3.8, 4) is 16.9 Å². The molecule has 1 aliphatic heterocycles. The van der Waals surface area contributed by atoms with Crippen LogP contribution < -0.4 is 4.74 Å². The van der Waals surface area contributed by atoms with Crippen molar-refractivity contribution in [2.75, 3.05) is 0 Å². The summed E-state index contributed by atoms with van der Waals surface area (Å²) in [6.07, 6.45) is 4.72. The van der Waals surface area contributed by atoms with Crippen LogP contribution in [0.5, 0.6) is 5.75 Å². The highest BCUT2D eigenvalue weighted by Gasteiger charge is 2.34. The van der Waals surface area contributed by atoms with Crippen molar-refractivity contribution < 1.29 is 9.53 Å². The number of carbonyl (C=O) groups excluding carboxylic acids is 1. The largest absolute Gasteiger partial charge is 0.489 e. The van der Waals surface area contributed by atoms with E-state index in [-0.39, 0.29) is 5.91 Å². The molecule has 30 heavy (non-hydrogen) atoms. The predicted octanol–water partition coefficient (Wildman–Crippen LogP) is 6.48. The third-order valence-electron chi connectivity index (χ3n) is 6.19. The second-order valence-corrected chi connectivity index (χ2v) is 8.57. The number of rotatable bonds is 5. The van der Waals surface area contributed by atoms with Crippen LogP contribution in [0.25, 0.3) is 11.1 Å². The Morgan fingerprint density at radius 1 is 0.933 bits per heavy atom. The first kappa shape index (κ1) is 19.2. The van der Waals surface area contributed by atoms with E-state index >= 15 is 0 Å². The number of amides is 1. The van der Waals surface area contributed by atoms with Crippen LogP contribution in [0.15, 0.2) is 66.7 Å². The molecule has 0 unspecified atom stereocenters. The van der Waals surface area contributed by atoms with Crippen LogP contribution in [-0.2, 0) is 13.2 Å². The summed E-state index contributed by atoms with van der Waals surface area (Å²) in [5, 5.41) is 0.741. The maximum Gasteiger partial charge on any atom is 0.254 e. The lowest BCUT2D eigenvalue weighted by Crippen LogP contribution is -2.33. The summed E-state index contributed by atoms with van der Waals surface area (Å²) in [4.78, 5) is 14.8. The Hall–Kier alpha value is -2.78. The topological polar surface area (TPSA) is 29.5 Å². The SMILES string of the molecule is O=C1c2ccc(OCc3cccc(-c4ccccc4Cl)c3)cc2CN1C1CCCC1. The van der Waals surface area contributed by atoms with E-state index in [9.17, 15) is 4.79 Å². The van der Waals surface area contributed by atoms with Gasteiger partial charge in [0.15, 0.2) is 0 Å². The number of ether oxygens (including phenoxy) is 1. The predicted molar refractivity (Wildman–Crippen MR) is 120 cm³/mol. The van der Waals surface area contributed by atoms with E-state index in [1.54, 1.807) is 0 Å². The van der Waals surface area contributed by atoms with E-state index in [0.29, 0.717) is 19.2 Å². The smallest absolute Gasteiger partial charge is 0.254 e. The lowest BCUT2D eigenvalue weighted by molar-refractivity contribution is 0.0707. The van der Waals surface area contributed by atoms with E-state index in [0.717, 1.165) is 51.4 Å². The molecule has 1 saturated carbocycles. The lowest BCUT2D eigenvalue weighted by Gasteiger charge is -2.23. The molecule has 1 heterocycles. The molecule has 3 aromatic rings. The Morgan fingerprint density at radius 2 is 1.77 bits per heavy atom. The maximum absolute atomic E-state index is 12.7. The molecule has 1 aliphatic carbocycles. The molecule has 0 radical (unpaired) electrons. The zero-order valence-corrected chi connectivity index (χ0v) is 17.6. The van der Waals surface area contributed by atoms with Gasteiger partial charge in [-0.25, -0.2) is 0 Å². The number of benzene rings is 3. The van der Waals surface area contributed by atoms with Crippen molar-refractivity contribution in [3.63, 3.8) is 0 Å². The van der Waals surface area contributed by atoms with Crippen LogP contribution in [0.1, 0.15) is 47.2 Å². The molecule has 0 N–H and O–H groups in total. The number of nitrogens with zero attached hydrogens (tertiary/aromatic N) is 1. The number of halogens is 1. The van der Waals surface area contributed by atoms with E-state index < -0.39 is 0 Å². The summed E-state index contributed by atoms with van der Waals surface area (Å²) in [5.41, 5.74) is 5.08. The normalized spacial score (nSPS) is 16.2. The molecular weight excluding hydrogens is 394 g/mol. The molecular formula is C26H24ClNO2. The Labute approximate surface area is 182 Å².